The van der Waals surface area contributed by atoms with Gasteiger partial charge in [0.2, 0.25) is 11.7 Å². The number of hydrazone groups is 1. The average molecular weight is 440 g/mol. The smallest absolute Gasteiger partial charge is 0.401 e. The SMILES string of the molecule is CC1=N[N+](C2CCCCC2)=C(O)/C1=C1\C(=O)C(c2c(C)nn(C3CCCCC3)c2O)=C1O. The monoisotopic (exact) mass is 439 g/mol. The summed E-state index contributed by atoms with van der Waals surface area (Å²) in [7, 11) is 0. The minimum absolute atomic E-state index is 0.0674. The molecule has 3 N–H and O–H groups in total. The second-order valence-electron chi connectivity index (χ2n) is 9.47. The second-order valence-corrected chi connectivity index (χ2v) is 9.47. The van der Waals surface area contributed by atoms with Crippen LogP contribution in [-0.4, -0.2) is 53.2 Å². The molecule has 0 aromatic carbocycles. The van der Waals surface area contributed by atoms with Crippen molar-refractivity contribution < 1.29 is 24.8 Å². The number of aliphatic hydroxyl groups is 2. The number of hydrogen-bond acceptors (Lipinski definition) is 5. The highest BCUT2D eigenvalue weighted by Gasteiger charge is 2.47. The maximum absolute atomic E-state index is 13.2. The average Bonchev–Trinajstić information content (AvgIpc) is 3.26. The minimum Gasteiger partial charge on any atom is -0.506 e. The van der Waals surface area contributed by atoms with E-state index >= 15 is 0 Å². The quantitative estimate of drug-likeness (QED) is 0.482. The van der Waals surface area contributed by atoms with Crippen molar-refractivity contribution >= 4 is 23.0 Å². The first-order valence-corrected chi connectivity index (χ1v) is 11.8. The van der Waals surface area contributed by atoms with Crippen LogP contribution in [0.5, 0.6) is 5.88 Å². The predicted octanol–water partition coefficient (Wildman–Crippen LogP) is 4.24. The van der Waals surface area contributed by atoms with Crippen molar-refractivity contribution in [3.05, 3.63) is 28.2 Å². The lowest BCUT2D eigenvalue weighted by molar-refractivity contribution is -0.578. The summed E-state index contributed by atoms with van der Waals surface area (Å²) in [6, 6.07) is 0.218. The Morgan fingerprint density at radius 1 is 0.875 bits per heavy atom. The summed E-state index contributed by atoms with van der Waals surface area (Å²) >= 11 is 0. The fourth-order valence-corrected chi connectivity index (χ4v) is 5.68. The summed E-state index contributed by atoms with van der Waals surface area (Å²) < 4.78 is 3.22. The first kappa shape index (κ1) is 21.0. The van der Waals surface area contributed by atoms with Crippen molar-refractivity contribution in [1.82, 2.24) is 9.78 Å². The highest BCUT2D eigenvalue weighted by Crippen LogP contribution is 2.45. The molecule has 5 rings (SSSR count). The molecule has 3 aliphatic carbocycles. The molecule has 170 valence electrons. The van der Waals surface area contributed by atoms with Gasteiger partial charge < -0.3 is 15.3 Å². The zero-order chi connectivity index (χ0) is 22.6. The van der Waals surface area contributed by atoms with Crippen LogP contribution in [0.1, 0.15) is 88.4 Å². The van der Waals surface area contributed by atoms with Crippen LogP contribution in [0.4, 0.5) is 0 Å². The van der Waals surface area contributed by atoms with Crippen LogP contribution >= 0.6 is 0 Å². The van der Waals surface area contributed by atoms with Gasteiger partial charge in [-0.05, 0) is 49.3 Å². The standard InChI is InChI=1S/C24H30N4O4/c1-13-17(23(31)27(25-13)15-9-5-3-6-10-15)19-21(29)20(22(19)30)18-14(2)26-28(24(18)32)16-11-7-4-8-12-16/h15-16H,3-12H2,1-2H3,(H2,25,26,29,30,31,32)/p+1. The van der Waals surface area contributed by atoms with Crippen LogP contribution in [0.3, 0.4) is 0 Å². The van der Waals surface area contributed by atoms with Crippen molar-refractivity contribution in [2.45, 2.75) is 90.1 Å². The van der Waals surface area contributed by atoms with Crippen molar-refractivity contribution in [3.8, 4) is 5.88 Å². The van der Waals surface area contributed by atoms with Gasteiger partial charge in [0.15, 0.2) is 6.04 Å². The van der Waals surface area contributed by atoms with Gasteiger partial charge in [0.05, 0.1) is 28.4 Å². The molecule has 4 aliphatic rings. The molecule has 1 aromatic heterocycles. The van der Waals surface area contributed by atoms with E-state index in [9.17, 15) is 20.1 Å². The van der Waals surface area contributed by atoms with Gasteiger partial charge in [0.1, 0.15) is 17.0 Å². The molecule has 0 saturated heterocycles. The normalized spacial score (nSPS) is 25.6. The van der Waals surface area contributed by atoms with E-state index in [0.29, 0.717) is 22.5 Å². The van der Waals surface area contributed by atoms with E-state index in [1.807, 2.05) is 0 Å². The van der Waals surface area contributed by atoms with E-state index in [-0.39, 0.29) is 40.8 Å². The van der Waals surface area contributed by atoms with Gasteiger partial charge in [0.25, 0.3) is 0 Å². The molecule has 0 amide bonds. The minimum atomic E-state index is -0.398. The molecule has 0 spiro atoms. The molecular weight excluding hydrogens is 408 g/mol. The number of nitrogens with zero attached hydrogens (tertiary/aromatic N) is 4. The summed E-state index contributed by atoms with van der Waals surface area (Å²) in [6.07, 6.45) is 10.5. The van der Waals surface area contributed by atoms with Crippen LogP contribution in [0, 0.1) is 6.92 Å². The van der Waals surface area contributed by atoms with Gasteiger partial charge >= 0.3 is 5.90 Å². The van der Waals surface area contributed by atoms with Gasteiger partial charge in [-0.2, -0.15) is 5.10 Å². The number of carbonyl (C=O) groups is 1. The molecule has 0 unspecified atom stereocenters. The number of aromatic nitrogens is 2. The highest BCUT2D eigenvalue weighted by atomic mass is 16.3. The zero-order valence-electron chi connectivity index (χ0n) is 18.8. The highest BCUT2D eigenvalue weighted by molar-refractivity contribution is 6.43. The number of aryl methyl sites for hydroxylation is 1. The van der Waals surface area contributed by atoms with E-state index in [4.69, 9.17) is 0 Å². The Morgan fingerprint density at radius 2 is 1.50 bits per heavy atom. The Bertz CT molecular complexity index is 1110. The number of allylic oxidation sites excluding steroid dienone is 2. The van der Waals surface area contributed by atoms with Crippen LogP contribution in [0.15, 0.2) is 22.0 Å². The summed E-state index contributed by atoms with van der Waals surface area (Å²) in [5, 5.41) is 41.7. The van der Waals surface area contributed by atoms with Crippen LogP contribution in [-0.2, 0) is 4.79 Å². The van der Waals surface area contributed by atoms with Gasteiger partial charge in [0, 0.05) is 12.8 Å². The van der Waals surface area contributed by atoms with E-state index < -0.39 is 5.78 Å². The molecule has 2 saturated carbocycles. The molecule has 32 heavy (non-hydrogen) atoms. The Labute approximate surface area is 187 Å². The zero-order valence-corrected chi connectivity index (χ0v) is 18.8. The molecule has 2 heterocycles. The van der Waals surface area contributed by atoms with E-state index in [1.165, 1.54) is 12.8 Å². The molecule has 1 aromatic rings. The molecule has 8 nitrogen and oxygen atoms in total. The van der Waals surface area contributed by atoms with Crippen molar-refractivity contribution in [2.24, 2.45) is 5.10 Å². The number of hydrogen-bond donors (Lipinski definition) is 3. The predicted molar refractivity (Wildman–Crippen MR) is 120 cm³/mol. The molecule has 0 bridgehead atoms. The van der Waals surface area contributed by atoms with Crippen molar-refractivity contribution in [2.75, 3.05) is 0 Å². The number of carbonyl (C=O) groups excluding carboxylic acids is 1. The first-order chi connectivity index (χ1) is 15.4. The lowest BCUT2D eigenvalue weighted by Crippen LogP contribution is -2.30. The van der Waals surface area contributed by atoms with E-state index in [2.05, 4.69) is 10.2 Å². The number of Topliss-reactive ketones (excluding diaryl/α,β-unsaturated/α-hetero) is 1. The van der Waals surface area contributed by atoms with Gasteiger partial charge in [-0.25, -0.2) is 4.68 Å². The maximum atomic E-state index is 13.2. The number of ketones is 1. The largest absolute Gasteiger partial charge is 0.506 e. The van der Waals surface area contributed by atoms with Crippen LogP contribution < -0.4 is 0 Å². The Balaban J connectivity index is 1.54. The van der Waals surface area contributed by atoms with Crippen LogP contribution in [0.25, 0.3) is 5.57 Å². The molecular formula is C24H31N4O4+. The summed E-state index contributed by atoms with van der Waals surface area (Å²) in [5.41, 5.74) is 1.75. The third-order valence-corrected chi connectivity index (χ3v) is 7.39. The third-order valence-electron chi connectivity index (χ3n) is 7.39. The van der Waals surface area contributed by atoms with Gasteiger partial charge in [-0.1, -0.05) is 25.7 Å². The van der Waals surface area contributed by atoms with Crippen molar-refractivity contribution in [1.29, 1.82) is 0 Å². The fourth-order valence-electron chi connectivity index (χ4n) is 5.68. The number of rotatable bonds is 3. The molecule has 0 radical (unpaired) electrons. The topological polar surface area (TPSA) is 111 Å². The lowest BCUT2D eigenvalue weighted by Gasteiger charge is -2.24. The first-order valence-electron chi connectivity index (χ1n) is 11.8. The van der Waals surface area contributed by atoms with E-state index in [1.54, 1.807) is 23.2 Å². The maximum Gasteiger partial charge on any atom is 0.401 e. The number of aromatic hydroxyl groups is 1. The molecule has 8 heteroatoms. The molecule has 0 atom stereocenters. The fraction of sp³-hybridized carbons (Fsp3) is 0.583. The Morgan fingerprint density at radius 3 is 2.12 bits per heavy atom. The van der Waals surface area contributed by atoms with Gasteiger partial charge in [-0.3, -0.25) is 4.79 Å². The van der Waals surface area contributed by atoms with Crippen molar-refractivity contribution in [3.63, 3.8) is 0 Å². The Hall–Kier alpha value is -2.90. The van der Waals surface area contributed by atoms with E-state index in [0.717, 1.165) is 51.4 Å². The molecule has 2 fully saturated rings. The van der Waals surface area contributed by atoms with Gasteiger partial charge in [-0.15, -0.1) is 0 Å². The Kier molecular flexibility index (Phi) is 5.18. The van der Waals surface area contributed by atoms with Crippen LogP contribution in [0.2, 0.25) is 0 Å². The summed E-state index contributed by atoms with van der Waals surface area (Å²) in [5.74, 6) is -0.742. The second kappa shape index (κ2) is 7.90. The summed E-state index contributed by atoms with van der Waals surface area (Å²) in [6.45, 7) is 3.48. The molecule has 1 aliphatic heterocycles. The number of aliphatic hydroxyl groups excluding tert-OH is 2. The third kappa shape index (κ3) is 3.11. The summed E-state index contributed by atoms with van der Waals surface area (Å²) in [4.78, 5) is 13.2. The lowest BCUT2D eigenvalue weighted by atomic mass is 9.80.